The Morgan fingerprint density at radius 2 is 1.60 bits per heavy atom. The van der Waals surface area contributed by atoms with Crippen LogP contribution in [0.4, 0.5) is 18.0 Å². The van der Waals surface area contributed by atoms with E-state index in [1.807, 2.05) is 20.8 Å². The van der Waals surface area contributed by atoms with Crippen LogP contribution in [0.3, 0.4) is 0 Å². The molecule has 3 nitrogen and oxygen atoms in total. The lowest BCUT2D eigenvalue weighted by molar-refractivity contribution is -0.122. The highest BCUT2D eigenvalue weighted by Gasteiger charge is 2.27. The zero-order valence-corrected chi connectivity index (χ0v) is 9.16. The minimum absolute atomic E-state index is 0.102. The highest BCUT2D eigenvalue weighted by molar-refractivity contribution is 5.73. The van der Waals surface area contributed by atoms with Crippen molar-refractivity contribution >= 4 is 6.03 Å². The average Bonchev–Trinajstić information content (AvgIpc) is 2.10. The number of urea groups is 1. The van der Waals surface area contributed by atoms with Gasteiger partial charge in [0.2, 0.25) is 0 Å². The molecular weight excluding hydrogens is 209 g/mol. The molecule has 0 bridgehead atoms. The van der Waals surface area contributed by atoms with Gasteiger partial charge in [0, 0.05) is 6.54 Å². The van der Waals surface area contributed by atoms with Crippen LogP contribution in [0.1, 0.15) is 27.2 Å². The van der Waals surface area contributed by atoms with E-state index in [0.29, 0.717) is 6.54 Å². The van der Waals surface area contributed by atoms with Crippen LogP contribution in [-0.4, -0.2) is 25.3 Å². The first-order valence-corrected chi connectivity index (χ1v) is 4.75. The number of nitrogens with one attached hydrogen (secondary N) is 2. The molecule has 0 aliphatic rings. The predicted molar refractivity (Wildman–Crippen MR) is 51.5 cm³/mol. The number of amides is 2. The van der Waals surface area contributed by atoms with Gasteiger partial charge < -0.3 is 10.6 Å². The SMILES string of the molecule is CCC(C)(C)CNC(=O)NCC(F)(F)F. The molecule has 0 aromatic carbocycles. The van der Waals surface area contributed by atoms with Crippen molar-refractivity contribution in [2.24, 2.45) is 5.41 Å². The fourth-order valence-electron chi connectivity index (χ4n) is 0.688. The second-order valence-corrected chi connectivity index (χ2v) is 4.17. The second-order valence-electron chi connectivity index (χ2n) is 4.17. The van der Waals surface area contributed by atoms with Gasteiger partial charge in [0.15, 0.2) is 0 Å². The number of carbonyl (C=O) groups is 1. The van der Waals surface area contributed by atoms with Gasteiger partial charge in [0.1, 0.15) is 6.54 Å². The molecule has 2 amide bonds. The molecule has 0 saturated carbocycles. The van der Waals surface area contributed by atoms with Gasteiger partial charge in [0.05, 0.1) is 0 Å². The van der Waals surface area contributed by atoms with E-state index in [1.165, 1.54) is 0 Å². The van der Waals surface area contributed by atoms with Crippen molar-refractivity contribution in [1.82, 2.24) is 10.6 Å². The number of carbonyl (C=O) groups excluding carboxylic acids is 1. The zero-order chi connectivity index (χ0) is 12.1. The molecule has 90 valence electrons. The molecule has 2 N–H and O–H groups in total. The van der Waals surface area contributed by atoms with Crippen LogP contribution in [-0.2, 0) is 0 Å². The summed E-state index contributed by atoms with van der Waals surface area (Å²) in [5.74, 6) is 0. The third kappa shape index (κ3) is 8.08. The highest BCUT2D eigenvalue weighted by Crippen LogP contribution is 2.17. The summed E-state index contributed by atoms with van der Waals surface area (Å²) in [5, 5.41) is 4.14. The summed E-state index contributed by atoms with van der Waals surface area (Å²) < 4.78 is 35.1. The molecule has 0 rings (SSSR count). The highest BCUT2D eigenvalue weighted by atomic mass is 19.4. The van der Waals surface area contributed by atoms with Crippen LogP contribution >= 0.6 is 0 Å². The molecule has 15 heavy (non-hydrogen) atoms. The number of rotatable bonds is 4. The topological polar surface area (TPSA) is 41.1 Å². The van der Waals surface area contributed by atoms with Gasteiger partial charge in [-0.25, -0.2) is 4.79 Å². The molecule has 0 heterocycles. The fraction of sp³-hybridized carbons (Fsp3) is 0.889. The smallest absolute Gasteiger partial charge is 0.338 e. The lowest BCUT2D eigenvalue weighted by Gasteiger charge is -2.23. The van der Waals surface area contributed by atoms with E-state index in [4.69, 9.17) is 0 Å². The van der Waals surface area contributed by atoms with Gasteiger partial charge in [-0.1, -0.05) is 20.8 Å². The Labute approximate surface area is 87.4 Å². The van der Waals surface area contributed by atoms with Crippen molar-refractivity contribution in [1.29, 1.82) is 0 Å². The Bertz CT molecular complexity index is 214. The van der Waals surface area contributed by atoms with Gasteiger partial charge in [-0.15, -0.1) is 0 Å². The number of hydrogen-bond acceptors (Lipinski definition) is 1. The Morgan fingerprint density at radius 1 is 1.13 bits per heavy atom. The van der Waals surface area contributed by atoms with Gasteiger partial charge in [-0.2, -0.15) is 13.2 Å². The molecule has 0 aromatic heterocycles. The average molecular weight is 226 g/mol. The normalized spacial score (nSPS) is 12.4. The summed E-state index contributed by atoms with van der Waals surface area (Å²) in [6.07, 6.45) is -3.52. The van der Waals surface area contributed by atoms with Gasteiger partial charge in [-0.3, -0.25) is 0 Å². The maximum Gasteiger partial charge on any atom is 0.405 e. The van der Waals surface area contributed by atoms with Gasteiger partial charge in [0.25, 0.3) is 0 Å². The molecule has 6 heteroatoms. The molecular formula is C9H17F3N2O. The summed E-state index contributed by atoms with van der Waals surface area (Å²) in [7, 11) is 0. The first-order chi connectivity index (χ1) is 6.66. The van der Waals surface area contributed by atoms with Crippen LogP contribution in [0.25, 0.3) is 0 Å². The largest absolute Gasteiger partial charge is 0.405 e. The van der Waals surface area contributed by atoms with E-state index in [0.717, 1.165) is 6.42 Å². The maximum absolute atomic E-state index is 11.7. The summed E-state index contributed by atoms with van der Waals surface area (Å²) in [5.41, 5.74) is -0.102. The van der Waals surface area contributed by atoms with Crippen LogP contribution in [0, 0.1) is 5.41 Å². The summed E-state index contributed by atoms with van der Waals surface area (Å²) in [4.78, 5) is 10.9. The molecule has 0 aromatic rings. The standard InChI is InChI=1S/C9H17F3N2O/c1-4-8(2,3)5-13-7(15)14-6-9(10,11)12/h4-6H2,1-3H3,(H2,13,14,15). The quantitative estimate of drug-likeness (QED) is 0.758. The van der Waals surface area contributed by atoms with E-state index < -0.39 is 18.8 Å². The molecule has 0 fully saturated rings. The van der Waals surface area contributed by atoms with E-state index in [2.05, 4.69) is 5.32 Å². The van der Waals surface area contributed by atoms with E-state index in [9.17, 15) is 18.0 Å². The first kappa shape index (κ1) is 14.1. The van der Waals surface area contributed by atoms with E-state index in [1.54, 1.807) is 5.32 Å². The minimum atomic E-state index is -4.36. The molecule has 0 unspecified atom stereocenters. The Morgan fingerprint density at radius 3 is 2.00 bits per heavy atom. The van der Waals surface area contributed by atoms with Crippen molar-refractivity contribution in [3.05, 3.63) is 0 Å². The Hall–Kier alpha value is -0.940. The van der Waals surface area contributed by atoms with Crippen LogP contribution in [0.15, 0.2) is 0 Å². The molecule has 0 radical (unpaired) electrons. The van der Waals surface area contributed by atoms with Crippen molar-refractivity contribution < 1.29 is 18.0 Å². The lowest BCUT2D eigenvalue weighted by Crippen LogP contribution is -2.43. The van der Waals surface area contributed by atoms with Crippen LogP contribution in [0.5, 0.6) is 0 Å². The van der Waals surface area contributed by atoms with E-state index in [-0.39, 0.29) is 5.41 Å². The summed E-state index contributed by atoms with van der Waals surface area (Å²) in [6, 6.07) is -0.783. The van der Waals surface area contributed by atoms with Crippen LogP contribution in [0.2, 0.25) is 0 Å². The first-order valence-electron chi connectivity index (χ1n) is 4.75. The minimum Gasteiger partial charge on any atom is -0.338 e. The van der Waals surface area contributed by atoms with Crippen molar-refractivity contribution in [2.75, 3.05) is 13.1 Å². The third-order valence-electron chi connectivity index (χ3n) is 2.13. The van der Waals surface area contributed by atoms with Crippen molar-refractivity contribution in [3.63, 3.8) is 0 Å². The van der Waals surface area contributed by atoms with Crippen molar-refractivity contribution in [3.8, 4) is 0 Å². The Balaban J connectivity index is 3.77. The van der Waals surface area contributed by atoms with Gasteiger partial charge in [-0.05, 0) is 11.8 Å². The monoisotopic (exact) mass is 226 g/mol. The molecule has 0 aliphatic heterocycles. The Kier molecular flexibility index (Phi) is 4.90. The molecule has 0 spiro atoms. The number of halogens is 3. The maximum atomic E-state index is 11.7. The number of alkyl halides is 3. The second kappa shape index (κ2) is 5.23. The molecule has 0 saturated heterocycles. The molecule has 0 atom stereocenters. The summed E-state index contributed by atoms with van der Waals surface area (Å²) in [6.45, 7) is 4.86. The zero-order valence-electron chi connectivity index (χ0n) is 9.16. The van der Waals surface area contributed by atoms with Crippen LogP contribution < -0.4 is 10.6 Å². The van der Waals surface area contributed by atoms with E-state index >= 15 is 0 Å². The molecule has 0 aliphatic carbocycles. The van der Waals surface area contributed by atoms with Crippen molar-refractivity contribution in [2.45, 2.75) is 33.4 Å². The number of hydrogen-bond donors (Lipinski definition) is 2. The summed E-state index contributed by atoms with van der Waals surface area (Å²) >= 11 is 0. The lowest BCUT2D eigenvalue weighted by atomic mass is 9.90. The van der Waals surface area contributed by atoms with Gasteiger partial charge >= 0.3 is 12.2 Å². The predicted octanol–water partition coefficient (Wildman–Crippen LogP) is 2.28. The fourth-order valence-corrected chi connectivity index (χ4v) is 0.688. The third-order valence-corrected chi connectivity index (χ3v) is 2.13.